The molecule has 2 nitrogen and oxygen atoms in total. The van der Waals surface area contributed by atoms with Crippen LogP contribution in [0.2, 0.25) is 0 Å². The molecule has 1 aliphatic heterocycles. The van der Waals surface area contributed by atoms with Gasteiger partial charge in [-0.15, -0.1) is 0 Å². The van der Waals surface area contributed by atoms with Gasteiger partial charge < -0.3 is 10.6 Å². The second-order valence-electron chi connectivity index (χ2n) is 5.00. The fourth-order valence-corrected chi connectivity index (χ4v) is 2.38. The van der Waals surface area contributed by atoms with E-state index in [1.807, 2.05) is 0 Å². The minimum atomic E-state index is -4.01. The van der Waals surface area contributed by atoms with E-state index in [9.17, 15) is 13.2 Å². The van der Waals surface area contributed by atoms with E-state index in [2.05, 4.69) is 17.6 Å². The Morgan fingerprint density at radius 3 is 2.41 bits per heavy atom. The van der Waals surface area contributed by atoms with Crippen LogP contribution in [0.3, 0.4) is 0 Å². The third-order valence-electron chi connectivity index (χ3n) is 3.73. The molecule has 0 spiro atoms. The van der Waals surface area contributed by atoms with E-state index in [-0.39, 0.29) is 6.42 Å². The van der Waals surface area contributed by atoms with E-state index >= 15 is 0 Å². The summed E-state index contributed by atoms with van der Waals surface area (Å²) in [6.07, 6.45) is -1.17. The molecule has 0 aliphatic carbocycles. The fraction of sp³-hybridized carbons (Fsp3) is 1.00. The summed E-state index contributed by atoms with van der Waals surface area (Å²) in [4.78, 5) is 0. The molecule has 1 aliphatic rings. The van der Waals surface area contributed by atoms with Crippen molar-refractivity contribution in [1.82, 2.24) is 10.6 Å². The lowest BCUT2D eigenvalue weighted by Crippen LogP contribution is -2.43. The Morgan fingerprint density at radius 1 is 1.24 bits per heavy atom. The predicted molar refractivity (Wildman–Crippen MR) is 63.0 cm³/mol. The van der Waals surface area contributed by atoms with E-state index in [0.29, 0.717) is 12.0 Å². The van der Waals surface area contributed by atoms with Gasteiger partial charge in [0.15, 0.2) is 0 Å². The maximum absolute atomic E-state index is 11.9. The monoisotopic (exact) mass is 252 g/mol. The third kappa shape index (κ3) is 5.73. The first-order valence-electron chi connectivity index (χ1n) is 6.46. The molecule has 0 unspecified atom stereocenters. The third-order valence-corrected chi connectivity index (χ3v) is 3.73. The lowest BCUT2D eigenvalue weighted by Gasteiger charge is -2.37. The Hall–Kier alpha value is -0.290. The van der Waals surface area contributed by atoms with Crippen LogP contribution in [0.25, 0.3) is 0 Å². The Kier molecular flexibility index (Phi) is 5.73. The van der Waals surface area contributed by atoms with Gasteiger partial charge in [-0.05, 0) is 50.7 Å². The highest BCUT2D eigenvalue weighted by Gasteiger charge is 2.30. The van der Waals surface area contributed by atoms with Crippen LogP contribution in [-0.2, 0) is 0 Å². The number of halogens is 3. The summed E-state index contributed by atoms with van der Waals surface area (Å²) in [5.74, 6) is 0. The number of piperidine rings is 1. The standard InChI is InChI=1S/C12H23F3N2/c1-2-11(5-8-16-9-6-11)10-17-7-3-4-12(13,14)15/h16-17H,2-10H2,1H3. The van der Waals surface area contributed by atoms with Crippen LogP contribution in [0.1, 0.15) is 39.0 Å². The lowest BCUT2D eigenvalue weighted by molar-refractivity contribution is -0.135. The summed E-state index contributed by atoms with van der Waals surface area (Å²) in [6, 6.07) is 0. The van der Waals surface area contributed by atoms with Crippen LogP contribution in [0.15, 0.2) is 0 Å². The molecule has 102 valence electrons. The first kappa shape index (κ1) is 14.8. The van der Waals surface area contributed by atoms with E-state index < -0.39 is 12.6 Å². The predicted octanol–water partition coefficient (Wildman–Crippen LogP) is 2.70. The lowest BCUT2D eigenvalue weighted by atomic mass is 9.76. The second-order valence-corrected chi connectivity index (χ2v) is 5.00. The zero-order chi connectivity index (χ0) is 12.8. The van der Waals surface area contributed by atoms with Gasteiger partial charge in [0, 0.05) is 13.0 Å². The molecule has 0 aromatic carbocycles. The second kappa shape index (κ2) is 6.59. The van der Waals surface area contributed by atoms with Crippen molar-refractivity contribution in [2.75, 3.05) is 26.2 Å². The van der Waals surface area contributed by atoms with Crippen molar-refractivity contribution >= 4 is 0 Å². The molecular weight excluding hydrogens is 229 g/mol. The van der Waals surface area contributed by atoms with Crippen molar-refractivity contribution < 1.29 is 13.2 Å². The van der Waals surface area contributed by atoms with Crippen molar-refractivity contribution in [3.63, 3.8) is 0 Å². The maximum Gasteiger partial charge on any atom is 0.389 e. The highest BCUT2D eigenvalue weighted by atomic mass is 19.4. The smallest absolute Gasteiger partial charge is 0.317 e. The molecule has 0 saturated carbocycles. The molecule has 1 fully saturated rings. The minimum Gasteiger partial charge on any atom is -0.317 e. The number of hydrogen-bond donors (Lipinski definition) is 2. The molecule has 5 heteroatoms. The largest absolute Gasteiger partial charge is 0.389 e. The van der Waals surface area contributed by atoms with Gasteiger partial charge in [0.2, 0.25) is 0 Å². The number of nitrogens with one attached hydrogen (secondary N) is 2. The zero-order valence-electron chi connectivity index (χ0n) is 10.5. The maximum atomic E-state index is 11.9. The first-order chi connectivity index (χ1) is 7.97. The van der Waals surface area contributed by atoms with Crippen LogP contribution in [0.4, 0.5) is 13.2 Å². The molecule has 0 bridgehead atoms. The first-order valence-corrected chi connectivity index (χ1v) is 6.46. The Labute approximate surface area is 101 Å². The molecular formula is C12H23F3N2. The topological polar surface area (TPSA) is 24.1 Å². The van der Waals surface area contributed by atoms with Gasteiger partial charge in [0.1, 0.15) is 0 Å². The summed E-state index contributed by atoms with van der Waals surface area (Å²) < 4.78 is 35.8. The quantitative estimate of drug-likeness (QED) is 0.710. The minimum absolute atomic E-state index is 0.182. The summed E-state index contributed by atoms with van der Waals surface area (Å²) in [5, 5.41) is 6.51. The van der Waals surface area contributed by atoms with Gasteiger partial charge in [-0.25, -0.2) is 0 Å². The van der Waals surface area contributed by atoms with Crippen molar-refractivity contribution in [3.05, 3.63) is 0 Å². The van der Waals surface area contributed by atoms with Gasteiger partial charge in [0.25, 0.3) is 0 Å². The summed E-state index contributed by atoms with van der Waals surface area (Å²) in [6.45, 7) is 5.54. The molecule has 2 N–H and O–H groups in total. The Bertz CT molecular complexity index is 210. The fourth-order valence-electron chi connectivity index (χ4n) is 2.38. The van der Waals surface area contributed by atoms with Crippen molar-refractivity contribution in [1.29, 1.82) is 0 Å². The summed E-state index contributed by atoms with van der Waals surface area (Å²) in [7, 11) is 0. The molecule has 1 rings (SSSR count). The van der Waals surface area contributed by atoms with Gasteiger partial charge in [-0.2, -0.15) is 13.2 Å². The van der Waals surface area contributed by atoms with Gasteiger partial charge in [-0.1, -0.05) is 6.92 Å². The number of alkyl halides is 3. The van der Waals surface area contributed by atoms with E-state index in [0.717, 1.165) is 38.9 Å². The molecule has 0 amide bonds. The molecule has 0 aromatic rings. The number of rotatable bonds is 6. The molecule has 1 heterocycles. The molecule has 1 saturated heterocycles. The SMILES string of the molecule is CCC1(CNCCCC(F)(F)F)CCNCC1. The van der Waals surface area contributed by atoms with Crippen LogP contribution in [0, 0.1) is 5.41 Å². The summed E-state index contributed by atoms with van der Waals surface area (Å²) in [5.41, 5.74) is 0.295. The molecule has 0 atom stereocenters. The average molecular weight is 252 g/mol. The Morgan fingerprint density at radius 2 is 1.88 bits per heavy atom. The van der Waals surface area contributed by atoms with Crippen molar-refractivity contribution in [3.8, 4) is 0 Å². The molecule has 0 aromatic heterocycles. The van der Waals surface area contributed by atoms with Gasteiger partial charge >= 0.3 is 6.18 Å². The van der Waals surface area contributed by atoms with E-state index in [1.54, 1.807) is 0 Å². The number of hydrogen-bond acceptors (Lipinski definition) is 2. The highest BCUT2D eigenvalue weighted by molar-refractivity contribution is 4.85. The summed E-state index contributed by atoms with van der Waals surface area (Å²) >= 11 is 0. The van der Waals surface area contributed by atoms with Crippen LogP contribution < -0.4 is 10.6 Å². The van der Waals surface area contributed by atoms with Crippen LogP contribution >= 0.6 is 0 Å². The molecule has 17 heavy (non-hydrogen) atoms. The molecule has 0 radical (unpaired) electrons. The van der Waals surface area contributed by atoms with Gasteiger partial charge in [-0.3, -0.25) is 0 Å². The van der Waals surface area contributed by atoms with Crippen molar-refractivity contribution in [2.45, 2.75) is 45.2 Å². The average Bonchev–Trinajstić information content (AvgIpc) is 2.28. The van der Waals surface area contributed by atoms with E-state index in [4.69, 9.17) is 0 Å². The normalized spacial score (nSPS) is 20.5. The van der Waals surface area contributed by atoms with E-state index in [1.165, 1.54) is 0 Å². The van der Waals surface area contributed by atoms with Crippen LogP contribution in [0.5, 0.6) is 0 Å². The van der Waals surface area contributed by atoms with Crippen LogP contribution in [-0.4, -0.2) is 32.4 Å². The Balaban J connectivity index is 2.15. The highest BCUT2D eigenvalue weighted by Crippen LogP contribution is 2.31. The van der Waals surface area contributed by atoms with Gasteiger partial charge in [0.05, 0.1) is 0 Å². The zero-order valence-corrected chi connectivity index (χ0v) is 10.5. The van der Waals surface area contributed by atoms with Crippen molar-refractivity contribution in [2.24, 2.45) is 5.41 Å².